The summed E-state index contributed by atoms with van der Waals surface area (Å²) in [5, 5.41) is 3.70. The van der Waals surface area contributed by atoms with Gasteiger partial charge in [-0.2, -0.15) is 0 Å². The highest BCUT2D eigenvalue weighted by Crippen LogP contribution is 2.25. The Morgan fingerprint density at radius 3 is 2.52 bits per heavy atom. The fraction of sp³-hybridized carbons (Fsp3) is 0.167. The first-order chi connectivity index (χ1) is 14.8. The van der Waals surface area contributed by atoms with E-state index in [1.54, 1.807) is 18.3 Å². The van der Waals surface area contributed by atoms with Gasteiger partial charge in [-0.1, -0.05) is 29.8 Å². The molecule has 0 aliphatic rings. The molecule has 0 aliphatic carbocycles. The first kappa shape index (κ1) is 20.9. The molecule has 0 radical (unpaired) electrons. The van der Waals surface area contributed by atoms with Gasteiger partial charge in [0.2, 0.25) is 0 Å². The van der Waals surface area contributed by atoms with Crippen molar-refractivity contribution in [2.75, 3.05) is 0 Å². The molecule has 5 nitrogen and oxygen atoms in total. The molecule has 1 amide bonds. The van der Waals surface area contributed by atoms with Crippen molar-refractivity contribution < 1.29 is 9.18 Å². The van der Waals surface area contributed by atoms with Crippen molar-refractivity contribution in [1.29, 1.82) is 0 Å². The van der Waals surface area contributed by atoms with E-state index < -0.39 is 6.04 Å². The number of aromatic nitrogens is 3. The molecule has 7 heteroatoms. The molecule has 1 atom stereocenters. The lowest BCUT2D eigenvalue weighted by Crippen LogP contribution is -2.31. The highest BCUT2D eigenvalue weighted by atomic mass is 35.5. The Bertz CT molecular complexity index is 1240. The van der Waals surface area contributed by atoms with Crippen molar-refractivity contribution in [3.63, 3.8) is 0 Å². The highest BCUT2D eigenvalue weighted by molar-refractivity contribution is 6.30. The molecular weight excluding hydrogens is 415 g/mol. The zero-order valence-corrected chi connectivity index (χ0v) is 18.2. The Labute approximate surface area is 185 Å². The predicted molar refractivity (Wildman–Crippen MR) is 119 cm³/mol. The van der Waals surface area contributed by atoms with Crippen LogP contribution in [0.1, 0.15) is 39.2 Å². The molecule has 0 spiro atoms. The van der Waals surface area contributed by atoms with E-state index in [1.165, 1.54) is 12.1 Å². The van der Waals surface area contributed by atoms with Crippen molar-refractivity contribution in [3.05, 3.63) is 106 Å². The summed E-state index contributed by atoms with van der Waals surface area (Å²) >= 11 is 6.16. The van der Waals surface area contributed by atoms with E-state index in [0.29, 0.717) is 16.4 Å². The van der Waals surface area contributed by atoms with Gasteiger partial charge >= 0.3 is 0 Å². The molecule has 0 saturated heterocycles. The molecule has 0 saturated carbocycles. The Balaban J connectivity index is 1.71. The van der Waals surface area contributed by atoms with E-state index in [2.05, 4.69) is 10.3 Å². The van der Waals surface area contributed by atoms with E-state index in [1.807, 2.05) is 66.6 Å². The summed E-state index contributed by atoms with van der Waals surface area (Å²) in [4.78, 5) is 17.7. The average molecular weight is 437 g/mol. The third kappa shape index (κ3) is 4.11. The van der Waals surface area contributed by atoms with Gasteiger partial charge in [-0.25, -0.2) is 9.37 Å². The fourth-order valence-electron chi connectivity index (χ4n) is 3.82. The van der Waals surface area contributed by atoms with Crippen LogP contribution in [0.5, 0.6) is 0 Å². The standard InChI is InChI=1S/C24H22ClFN4O/c1-15-13-21(16(2)30(15)20-6-4-5-18(25)14-20)24(31)28-22(23-27-11-12-29(23)3)17-7-9-19(26)10-8-17/h4-14,22H,1-3H3,(H,28,31). The van der Waals surface area contributed by atoms with Crippen LogP contribution in [0, 0.1) is 19.7 Å². The fourth-order valence-corrected chi connectivity index (χ4v) is 4.01. The Kier molecular flexibility index (Phi) is 5.65. The van der Waals surface area contributed by atoms with E-state index in [9.17, 15) is 9.18 Å². The third-order valence-corrected chi connectivity index (χ3v) is 5.57. The zero-order chi connectivity index (χ0) is 22.1. The zero-order valence-electron chi connectivity index (χ0n) is 17.4. The Hall–Kier alpha value is -3.38. The predicted octanol–water partition coefficient (Wildman–Crippen LogP) is 5.14. The summed E-state index contributed by atoms with van der Waals surface area (Å²) in [5.41, 5.74) is 3.91. The van der Waals surface area contributed by atoms with Crippen molar-refractivity contribution in [1.82, 2.24) is 19.4 Å². The van der Waals surface area contributed by atoms with Crippen LogP contribution in [-0.2, 0) is 7.05 Å². The number of aryl methyl sites for hydroxylation is 2. The molecule has 0 aliphatic heterocycles. The summed E-state index contributed by atoms with van der Waals surface area (Å²) < 4.78 is 17.3. The maximum atomic E-state index is 13.5. The number of halogens is 2. The first-order valence-electron chi connectivity index (χ1n) is 9.83. The van der Waals surface area contributed by atoms with Crippen LogP contribution in [0.15, 0.2) is 67.0 Å². The number of carbonyl (C=O) groups excluding carboxylic acids is 1. The smallest absolute Gasteiger partial charge is 0.253 e. The lowest BCUT2D eigenvalue weighted by Gasteiger charge is -2.19. The summed E-state index contributed by atoms with van der Waals surface area (Å²) in [6.45, 7) is 3.84. The van der Waals surface area contributed by atoms with Gasteiger partial charge in [0.15, 0.2) is 0 Å². The van der Waals surface area contributed by atoms with Crippen molar-refractivity contribution in [2.45, 2.75) is 19.9 Å². The quantitative estimate of drug-likeness (QED) is 0.471. The molecule has 1 unspecified atom stereocenters. The minimum Gasteiger partial charge on any atom is -0.338 e. The van der Waals surface area contributed by atoms with Crippen molar-refractivity contribution >= 4 is 17.5 Å². The van der Waals surface area contributed by atoms with Gasteiger partial charge in [-0.05, 0) is 55.8 Å². The number of rotatable bonds is 5. The summed E-state index contributed by atoms with van der Waals surface area (Å²) in [6, 6.07) is 14.9. The van der Waals surface area contributed by atoms with Gasteiger partial charge in [-0.15, -0.1) is 0 Å². The monoisotopic (exact) mass is 436 g/mol. The van der Waals surface area contributed by atoms with Crippen LogP contribution in [0.2, 0.25) is 5.02 Å². The normalized spacial score (nSPS) is 12.0. The Morgan fingerprint density at radius 2 is 1.87 bits per heavy atom. The number of benzene rings is 2. The van der Waals surface area contributed by atoms with Crippen molar-refractivity contribution in [3.8, 4) is 5.69 Å². The maximum Gasteiger partial charge on any atom is 0.253 e. The topological polar surface area (TPSA) is 51.9 Å². The summed E-state index contributed by atoms with van der Waals surface area (Å²) in [7, 11) is 1.86. The van der Waals surface area contributed by atoms with Crippen LogP contribution in [0.25, 0.3) is 5.69 Å². The summed E-state index contributed by atoms with van der Waals surface area (Å²) in [6.07, 6.45) is 3.48. The number of amides is 1. The second-order valence-corrected chi connectivity index (χ2v) is 7.89. The molecule has 4 aromatic rings. The molecule has 2 heterocycles. The number of imidazole rings is 1. The van der Waals surface area contributed by atoms with Crippen LogP contribution in [-0.4, -0.2) is 20.0 Å². The molecule has 31 heavy (non-hydrogen) atoms. The highest BCUT2D eigenvalue weighted by Gasteiger charge is 2.24. The summed E-state index contributed by atoms with van der Waals surface area (Å²) in [5.74, 6) is 0.0843. The van der Waals surface area contributed by atoms with Gasteiger partial charge in [0.05, 0.1) is 5.56 Å². The van der Waals surface area contributed by atoms with Gasteiger partial charge in [0, 0.05) is 41.5 Å². The SMILES string of the molecule is Cc1cc(C(=O)NC(c2ccc(F)cc2)c2nccn2C)c(C)n1-c1cccc(Cl)c1. The molecule has 2 aromatic heterocycles. The minimum absolute atomic E-state index is 0.237. The number of nitrogens with zero attached hydrogens (tertiary/aromatic N) is 3. The number of carbonyl (C=O) groups is 1. The van der Waals surface area contributed by atoms with Crippen LogP contribution in [0.4, 0.5) is 4.39 Å². The third-order valence-electron chi connectivity index (χ3n) is 5.34. The van der Waals surface area contributed by atoms with Crippen LogP contribution in [0.3, 0.4) is 0 Å². The van der Waals surface area contributed by atoms with Crippen LogP contribution >= 0.6 is 11.6 Å². The van der Waals surface area contributed by atoms with Gasteiger partial charge in [0.25, 0.3) is 5.91 Å². The number of hydrogen-bond donors (Lipinski definition) is 1. The molecule has 2 aromatic carbocycles. The first-order valence-corrected chi connectivity index (χ1v) is 10.2. The molecule has 1 N–H and O–H groups in total. The Morgan fingerprint density at radius 1 is 1.13 bits per heavy atom. The number of nitrogens with one attached hydrogen (secondary N) is 1. The molecule has 158 valence electrons. The van der Waals surface area contributed by atoms with Crippen molar-refractivity contribution in [2.24, 2.45) is 7.05 Å². The molecule has 4 rings (SSSR count). The largest absolute Gasteiger partial charge is 0.338 e. The minimum atomic E-state index is -0.526. The van der Waals surface area contributed by atoms with Gasteiger partial charge in [0.1, 0.15) is 17.7 Å². The molecule has 0 bridgehead atoms. The molecule has 0 fully saturated rings. The lowest BCUT2D eigenvalue weighted by atomic mass is 10.1. The van der Waals surface area contributed by atoms with E-state index >= 15 is 0 Å². The lowest BCUT2D eigenvalue weighted by molar-refractivity contribution is 0.0940. The van der Waals surface area contributed by atoms with E-state index in [-0.39, 0.29) is 11.7 Å². The molecular formula is C24H22ClFN4O. The maximum absolute atomic E-state index is 13.5. The van der Waals surface area contributed by atoms with Crippen LogP contribution < -0.4 is 5.32 Å². The van der Waals surface area contributed by atoms with Gasteiger partial charge in [-0.3, -0.25) is 4.79 Å². The number of hydrogen-bond acceptors (Lipinski definition) is 2. The average Bonchev–Trinajstić information content (AvgIpc) is 3.29. The second kappa shape index (κ2) is 8.40. The van der Waals surface area contributed by atoms with E-state index in [0.717, 1.165) is 22.6 Å². The second-order valence-electron chi connectivity index (χ2n) is 7.45. The van der Waals surface area contributed by atoms with Gasteiger partial charge < -0.3 is 14.5 Å². The van der Waals surface area contributed by atoms with E-state index in [4.69, 9.17) is 11.6 Å².